The number of carbonyl (C=O) groups excluding carboxylic acids is 1. The quantitative estimate of drug-likeness (QED) is 0.720. The number of carbonyl (C=O) groups is 1. The monoisotopic (exact) mass is 390 g/mol. The lowest BCUT2D eigenvalue weighted by Gasteiger charge is -2.18. The lowest BCUT2D eigenvalue weighted by atomic mass is 10.2. The Morgan fingerprint density at radius 2 is 1.83 bits per heavy atom. The third-order valence-corrected chi connectivity index (χ3v) is 5.80. The summed E-state index contributed by atoms with van der Waals surface area (Å²) in [6.45, 7) is 2.11. The van der Waals surface area contributed by atoms with Crippen LogP contribution in [0.2, 0.25) is 0 Å². The second-order valence-corrected chi connectivity index (χ2v) is 7.69. The van der Waals surface area contributed by atoms with E-state index in [0.29, 0.717) is 11.4 Å². The van der Waals surface area contributed by atoms with Crippen molar-refractivity contribution in [2.24, 2.45) is 0 Å². The minimum Gasteiger partial charge on any atom is -0.371 e. The van der Waals surface area contributed by atoms with Gasteiger partial charge >= 0.3 is 0 Å². The molecule has 2 heterocycles. The Balaban J connectivity index is 1.45. The van der Waals surface area contributed by atoms with E-state index in [0.717, 1.165) is 55.0 Å². The van der Waals surface area contributed by atoms with E-state index in [2.05, 4.69) is 21.4 Å². The van der Waals surface area contributed by atoms with Gasteiger partial charge < -0.3 is 10.2 Å². The lowest BCUT2D eigenvalue weighted by molar-refractivity contribution is 0.102. The summed E-state index contributed by atoms with van der Waals surface area (Å²) in [6.07, 6.45) is 4.95. The fourth-order valence-corrected chi connectivity index (χ4v) is 4.39. The van der Waals surface area contributed by atoms with Crippen molar-refractivity contribution in [3.05, 3.63) is 71.3 Å². The molecular weight excluding hydrogens is 367 g/mol. The molecule has 1 saturated heterocycles. The Hall–Kier alpha value is -3.15. The topological polar surface area (TPSA) is 50.2 Å². The number of rotatable bonds is 4. The molecule has 1 amide bonds. The van der Waals surface area contributed by atoms with Crippen molar-refractivity contribution < 1.29 is 9.18 Å². The highest BCUT2D eigenvalue weighted by molar-refractivity contribution is 6.04. The van der Waals surface area contributed by atoms with Crippen LogP contribution in [0.15, 0.2) is 48.5 Å². The Labute approximate surface area is 169 Å². The SMILES string of the molecule is O=C(Nc1cccc(N2CCCC2)c1)c1nn(-c2ccccc2F)c2c1CCC2. The van der Waals surface area contributed by atoms with E-state index in [1.807, 2.05) is 18.2 Å². The highest BCUT2D eigenvalue weighted by atomic mass is 19.1. The second kappa shape index (κ2) is 7.35. The maximum Gasteiger partial charge on any atom is 0.276 e. The van der Waals surface area contributed by atoms with Gasteiger partial charge in [-0.25, -0.2) is 9.07 Å². The molecule has 0 radical (unpaired) electrons. The number of halogens is 1. The van der Waals surface area contributed by atoms with Crippen LogP contribution in [0.25, 0.3) is 5.69 Å². The first kappa shape index (κ1) is 17.9. The van der Waals surface area contributed by atoms with E-state index in [4.69, 9.17) is 0 Å². The standard InChI is InChI=1S/C23H23FN4O/c24-19-10-1-2-11-21(19)28-20-12-6-9-18(20)22(26-28)23(29)25-16-7-5-8-17(15-16)27-13-3-4-14-27/h1-2,5,7-8,10-11,15H,3-4,6,9,12-14H2,(H,25,29). The Kier molecular flexibility index (Phi) is 4.54. The number of anilines is 2. The van der Waals surface area contributed by atoms with Crippen LogP contribution in [0.3, 0.4) is 0 Å². The predicted octanol–water partition coefficient (Wildman–Crippen LogP) is 4.35. The van der Waals surface area contributed by atoms with Crippen LogP contribution in [0, 0.1) is 5.82 Å². The van der Waals surface area contributed by atoms with E-state index < -0.39 is 0 Å². The summed E-state index contributed by atoms with van der Waals surface area (Å²) in [7, 11) is 0. The molecule has 0 saturated carbocycles. The minimum atomic E-state index is -0.338. The molecule has 29 heavy (non-hydrogen) atoms. The van der Waals surface area contributed by atoms with Crippen molar-refractivity contribution in [1.29, 1.82) is 0 Å². The van der Waals surface area contributed by atoms with E-state index in [1.165, 1.54) is 18.9 Å². The molecule has 5 nitrogen and oxygen atoms in total. The van der Waals surface area contributed by atoms with Gasteiger partial charge in [0, 0.05) is 35.7 Å². The first-order valence-electron chi connectivity index (χ1n) is 10.2. The molecule has 1 fully saturated rings. The second-order valence-electron chi connectivity index (χ2n) is 7.69. The predicted molar refractivity (Wildman–Crippen MR) is 111 cm³/mol. The summed E-state index contributed by atoms with van der Waals surface area (Å²) < 4.78 is 15.9. The molecule has 0 unspecified atom stereocenters. The molecule has 148 valence electrons. The molecule has 2 aliphatic rings. The maximum absolute atomic E-state index is 14.3. The number of para-hydroxylation sites is 1. The van der Waals surface area contributed by atoms with Crippen LogP contribution >= 0.6 is 0 Å². The summed E-state index contributed by atoms with van der Waals surface area (Å²) in [5.74, 6) is -0.577. The van der Waals surface area contributed by atoms with Gasteiger partial charge in [0.1, 0.15) is 11.5 Å². The highest BCUT2D eigenvalue weighted by Gasteiger charge is 2.28. The fraction of sp³-hybridized carbons (Fsp3) is 0.304. The molecule has 6 heteroatoms. The summed E-state index contributed by atoms with van der Waals surface area (Å²) in [6, 6.07) is 14.5. The molecule has 0 spiro atoms. The van der Waals surface area contributed by atoms with Crippen molar-refractivity contribution in [2.75, 3.05) is 23.3 Å². The van der Waals surface area contributed by atoms with E-state index in [-0.39, 0.29) is 11.7 Å². The van der Waals surface area contributed by atoms with E-state index in [1.54, 1.807) is 22.9 Å². The highest BCUT2D eigenvalue weighted by Crippen LogP contribution is 2.30. The zero-order chi connectivity index (χ0) is 19.8. The molecule has 0 bridgehead atoms. The first-order valence-corrected chi connectivity index (χ1v) is 10.2. The van der Waals surface area contributed by atoms with Crippen LogP contribution in [0.1, 0.15) is 41.0 Å². The van der Waals surface area contributed by atoms with Gasteiger partial charge in [0.25, 0.3) is 5.91 Å². The van der Waals surface area contributed by atoms with Crippen LogP contribution in [-0.2, 0) is 12.8 Å². The van der Waals surface area contributed by atoms with Gasteiger partial charge in [-0.2, -0.15) is 5.10 Å². The lowest BCUT2D eigenvalue weighted by Crippen LogP contribution is -2.18. The summed E-state index contributed by atoms with van der Waals surface area (Å²) in [5.41, 5.74) is 4.54. The van der Waals surface area contributed by atoms with Crippen molar-refractivity contribution in [3.63, 3.8) is 0 Å². The van der Waals surface area contributed by atoms with Gasteiger partial charge in [-0.15, -0.1) is 0 Å². The molecule has 5 rings (SSSR count). The summed E-state index contributed by atoms with van der Waals surface area (Å²) in [4.78, 5) is 15.4. The first-order chi connectivity index (χ1) is 14.2. The Morgan fingerprint density at radius 1 is 1.00 bits per heavy atom. The largest absolute Gasteiger partial charge is 0.371 e. The van der Waals surface area contributed by atoms with Crippen LogP contribution < -0.4 is 10.2 Å². The van der Waals surface area contributed by atoms with Gasteiger partial charge in [0.15, 0.2) is 5.69 Å². The van der Waals surface area contributed by atoms with Crippen molar-refractivity contribution in [2.45, 2.75) is 32.1 Å². The number of fused-ring (bicyclic) bond motifs is 1. The van der Waals surface area contributed by atoms with Gasteiger partial charge in [0.2, 0.25) is 0 Å². The number of benzene rings is 2. The molecule has 1 aliphatic carbocycles. The molecule has 1 aromatic heterocycles. The van der Waals surface area contributed by atoms with Gasteiger partial charge in [-0.3, -0.25) is 4.79 Å². The fourth-order valence-electron chi connectivity index (χ4n) is 4.39. The zero-order valence-electron chi connectivity index (χ0n) is 16.2. The van der Waals surface area contributed by atoms with Crippen LogP contribution in [-0.4, -0.2) is 28.8 Å². The number of hydrogen-bond donors (Lipinski definition) is 1. The van der Waals surface area contributed by atoms with Crippen molar-refractivity contribution >= 4 is 17.3 Å². The molecular formula is C23H23FN4O. The summed E-state index contributed by atoms with van der Waals surface area (Å²) >= 11 is 0. The summed E-state index contributed by atoms with van der Waals surface area (Å²) in [5, 5.41) is 7.51. The molecule has 0 atom stereocenters. The average Bonchev–Trinajstić information content (AvgIpc) is 3.47. The van der Waals surface area contributed by atoms with Crippen LogP contribution in [0.4, 0.5) is 15.8 Å². The number of amides is 1. The van der Waals surface area contributed by atoms with Gasteiger partial charge in [0.05, 0.1) is 0 Å². The maximum atomic E-state index is 14.3. The zero-order valence-corrected chi connectivity index (χ0v) is 16.2. The van der Waals surface area contributed by atoms with Crippen molar-refractivity contribution in [3.8, 4) is 5.69 Å². The van der Waals surface area contributed by atoms with E-state index in [9.17, 15) is 9.18 Å². The molecule has 2 aromatic carbocycles. The van der Waals surface area contributed by atoms with Crippen molar-refractivity contribution in [1.82, 2.24) is 9.78 Å². The molecule has 1 N–H and O–H groups in total. The minimum absolute atomic E-state index is 0.239. The number of nitrogens with one attached hydrogen (secondary N) is 1. The van der Waals surface area contributed by atoms with Crippen LogP contribution in [0.5, 0.6) is 0 Å². The van der Waals surface area contributed by atoms with E-state index >= 15 is 0 Å². The Bertz CT molecular complexity index is 1070. The molecule has 1 aliphatic heterocycles. The molecule has 3 aromatic rings. The normalized spacial score (nSPS) is 15.6. The van der Waals surface area contributed by atoms with Gasteiger partial charge in [-0.05, 0) is 62.4 Å². The Morgan fingerprint density at radius 3 is 2.66 bits per heavy atom. The smallest absolute Gasteiger partial charge is 0.276 e. The van der Waals surface area contributed by atoms with Gasteiger partial charge in [-0.1, -0.05) is 18.2 Å². The third kappa shape index (κ3) is 3.28. The average molecular weight is 390 g/mol. The third-order valence-electron chi connectivity index (χ3n) is 5.80. The number of hydrogen-bond acceptors (Lipinski definition) is 3. The number of aromatic nitrogens is 2. The number of nitrogens with zero attached hydrogens (tertiary/aromatic N) is 3.